The number of amides is 1. The fraction of sp³-hybridized carbons (Fsp3) is 0.533. The molecule has 0 aromatic heterocycles. The quantitative estimate of drug-likeness (QED) is 0.852. The standard InChI is InChI=1S/C15H18F2N2OS/c16-13-2-1-11(7-14(13)17)8-18-9-12(10-18)15(20)19-3-5-21-6-4-19/h1-2,7,12H,3-6,8-10H2. The van der Waals surface area contributed by atoms with Crippen LogP contribution in [0.3, 0.4) is 0 Å². The molecule has 21 heavy (non-hydrogen) atoms. The molecule has 2 fully saturated rings. The maximum Gasteiger partial charge on any atom is 0.228 e. The van der Waals surface area contributed by atoms with Crippen molar-refractivity contribution in [2.24, 2.45) is 5.92 Å². The van der Waals surface area contributed by atoms with Crippen LogP contribution in [0.5, 0.6) is 0 Å². The third kappa shape index (κ3) is 3.37. The molecule has 0 aliphatic carbocycles. The molecule has 0 atom stereocenters. The molecule has 0 N–H and O–H groups in total. The molecule has 1 aromatic carbocycles. The number of hydrogen-bond acceptors (Lipinski definition) is 3. The fourth-order valence-electron chi connectivity index (χ4n) is 2.79. The van der Waals surface area contributed by atoms with Crippen LogP contribution in [0.1, 0.15) is 5.56 Å². The molecule has 2 aliphatic rings. The summed E-state index contributed by atoms with van der Waals surface area (Å²) in [7, 11) is 0. The number of benzene rings is 1. The smallest absolute Gasteiger partial charge is 0.228 e. The summed E-state index contributed by atoms with van der Waals surface area (Å²) in [5.74, 6) is 0.730. The lowest BCUT2D eigenvalue weighted by Crippen LogP contribution is -2.55. The highest BCUT2D eigenvalue weighted by Gasteiger charge is 2.35. The highest BCUT2D eigenvalue weighted by molar-refractivity contribution is 7.99. The highest BCUT2D eigenvalue weighted by Crippen LogP contribution is 2.23. The predicted octanol–water partition coefficient (Wildman–Crippen LogP) is 1.97. The van der Waals surface area contributed by atoms with Crippen LogP contribution < -0.4 is 0 Å². The summed E-state index contributed by atoms with van der Waals surface area (Å²) in [6.07, 6.45) is 0. The fourth-order valence-corrected chi connectivity index (χ4v) is 3.70. The van der Waals surface area contributed by atoms with Crippen LogP contribution in [0.4, 0.5) is 8.78 Å². The maximum atomic E-state index is 13.1. The molecule has 2 aliphatic heterocycles. The van der Waals surface area contributed by atoms with Crippen LogP contribution in [0, 0.1) is 17.6 Å². The summed E-state index contributed by atoms with van der Waals surface area (Å²) in [4.78, 5) is 16.3. The van der Waals surface area contributed by atoms with Crippen LogP contribution in [-0.4, -0.2) is 53.4 Å². The zero-order valence-corrected chi connectivity index (χ0v) is 12.5. The van der Waals surface area contributed by atoms with Gasteiger partial charge in [0.25, 0.3) is 0 Å². The molecular weight excluding hydrogens is 294 g/mol. The van der Waals surface area contributed by atoms with E-state index in [0.29, 0.717) is 19.6 Å². The Morgan fingerprint density at radius 1 is 1.19 bits per heavy atom. The Bertz CT molecular complexity index is 528. The molecular formula is C15H18F2N2OS. The number of hydrogen-bond donors (Lipinski definition) is 0. The van der Waals surface area contributed by atoms with Gasteiger partial charge in [0.1, 0.15) is 0 Å². The molecule has 3 nitrogen and oxygen atoms in total. The number of likely N-dealkylation sites (tertiary alicyclic amines) is 1. The number of halogens is 2. The number of carbonyl (C=O) groups is 1. The van der Waals surface area contributed by atoms with E-state index in [0.717, 1.165) is 36.2 Å². The lowest BCUT2D eigenvalue weighted by atomic mass is 9.97. The van der Waals surface area contributed by atoms with Gasteiger partial charge in [-0.3, -0.25) is 9.69 Å². The van der Waals surface area contributed by atoms with E-state index in [1.807, 2.05) is 16.7 Å². The highest BCUT2D eigenvalue weighted by atomic mass is 32.2. The normalized spacial score (nSPS) is 20.4. The Labute approximate surface area is 127 Å². The summed E-state index contributed by atoms with van der Waals surface area (Å²) in [5, 5.41) is 0. The molecule has 0 saturated carbocycles. The first-order valence-corrected chi connectivity index (χ1v) is 8.32. The molecule has 0 radical (unpaired) electrons. The van der Waals surface area contributed by atoms with E-state index < -0.39 is 11.6 Å². The van der Waals surface area contributed by atoms with Gasteiger partial charge >= 0.3 is 0 Å². The summed E-state index contributed by atoms with van der Waals surface area (Å²) in [5.41, 5.74) is 0.745. The van der Waals surface area contributed by atoms with Crippen molar-refractivity contribution in [3.05, 3.63) is 35.4 Å². The van der Waals surface area contributed by atoms with Crippen molar-refractivity contribution in [2.45, 2.75) is 6.54 Å². The Hall–Kier alpha value is -1.14. The number of thioether (sulfide) groups is 1. The second kappa shape index (κ2) is 6.32. The van der Waals surface area contributed by atoms with E-state index >= 15 is 0 Å². The average molecular weight is 312 g/mol. The van der Waals surface area contributed by atoms with Crippen LogP contribution in [0.2, 0.25) is 0 Å². The monoisotopic (exact) mass is 312 g/mol. The lowest BCUT2D eigenvalue weighted by molar-refractivity contribution is -0.141. The summed E-state index contributed by atoms with van der Waals surface area (Å²) in [6, 6.07) is 3.97. The van der Waals surface area contributed by atoms with Gasteiger partial charge in [0.15, 0.2) is 11.6 Å². The van der Waals surface area contributed by atoms with Gasteiger partial charge in [0, 0.05) is 44.2 Å². The van der Waals surface area contributed by atoms with Crippen LogP contribution in [-0.2, 0) is 11.3 Å². The van der Waals surface area contributed by atoms with Gasteiger partial charge in [-0.1, -0.05) is 6.07 Å². The van der Waals surface area contributed by atoms with Gasteiger partial charge in [-0.25, -0.2) is 8.78 Å². The Kier molecular flexibility index (Phi) is 4.45. The molecule has 3 rings (SSSR count). The minimum Gasteiger partial charge on any atom is -0.341 e. The predicted molar refractivity (Wildman–Crippen MR) is 79.0 cm³/mol. The van der Waals surface area contributed by atoms with Crippen LogP contribution in [0.15, 0.2) is 18.2 Å². The van der Waals surface area contributed by atoms with Gasteiger partial charge in [-0.05, 0) is 17.7 Å². The van der Waals surface area contributed by atoms with Gasteiger partial charge in [-0.2, -0.15) is 11.8 Å². The van der Waals surface area contributed by atoms with Crippen molar-refractivity contribution in [3.8, 4) is 0 Å². The second-order valence-corrected chi connectivity index (χ2v) is 6.80. The van der Waals surface area contributed by atoms with Crippen molar-refractivity contribution in [3.63, 3.8) is 0 Å². The van der Waals surface area contributed by atoms with Crippen molar-refractivity contribution >= 4 is 17.7 Å². The summed E-state index contributed by atoms with van der Waals surface area (Å²) in [6.45, 7) is 3.69. The van der Waals surface area contributed by atoms with Crippen molar-refractivity contribution in [2.75, 3.05) is 37.7 Å². The van der Waals surface area contributed by atoms with Gasteiger partial charge in [-0.15, -0.1) is 0 Å². The van der Waals surface area contributed by atoms with Crippen molar-refractivity contribution in [1.29, 1.82) is 0 Å². The average Bonchev–Trinajstić information content (AvgIpc) is 2.46. The lowest BCUT2D eigenvalue weighted by Gasteiger charge is -2.41. The number of carbonyl (C=O) groups excluding carboxylic acids is 1. The zero-order valence-electron chi connectivity index (χ0n) is 11.7. The van der Waals surface area contributed by atoms with E-state index in [2.05, 4.69) is 4.90 Å². The van der Waals surface area contributed by atoms with E-state index in [-0.39, 0.29) is 11.8 Å². The Morgan fingerprint density at radius 2 is 1.90 bits per heavy atom. The first kappa shape index (κ1) is 14.8. The van der Waals surface area contributed by atoms with Gasteiger partial charge in [0.2, 0.25) is 5.91 Å². The zero-order chi connectivity index (χ0) is 14.8. The Balaban J connectivity index is 1.49. The molecule has 114 valence electrons. The molecule has 0 unspecified atom stereocenters. The number of nitrogens with zero attached hydrogens (tertiary/aromatic N) is 2. The van der Waals surface area contributed by atoms with Crippen molar-refractivity contribution < 1.29 is 13.6 Å². The summed E-state index contributed by atoms with van der Waals surface area (Å²) < 4.78 is 26.0. The first-order chi connectivity index (χ1) is 10.1. The maximum absolute atomic E-state index is 13.1. The minimum atomic E-state index is -0.821. The van der Waals surface area contributed by atoms with E-state index in [9.17, 15) is 13.6 Å². The molecule has 6 heteroatoms. The molecule has 1 amide bonds. The number of rotatable bonds is 3. The van der Waals surface area contributed by atoms with Crippen molar-refractivity contribution in [1.82, 2.24) is 9.80 Å². The first-order valence-electron chi connectivity index (χ1n) is 7.16. The van der Waals surface area contributed by atoms with E-state index in [1.165, 1.54) is 6.07 Å². The second-order valence-electron chi connectivity index (χ2n) is 5.58. The van der Waals surface area contributed by atoms with Gasteiger partial charge in [0.05, 0.1) is 5.92 Å². The van der Waals surface area contributed by atoms with Gasteiger partial charge < -0.3 is 4.90 Å². The third-order valence-corrected chi connectivity index (χ3v) is 4.96. The Morgan fingerprint density at radius 3 is 2.57 bits per heavy atom. The topological polar surface area (TPSA) is 23.6 Å². The van der Waals surface area contributed by atoms with Crippen LogP contribution >= 0.6 is 11.8 Å². The van der Waals surface area contributed by atoms with E-state index in [4.69, 9.17) is 0 Å². The molecule has 2 saturated heterocycles. The SMILES string of the molecule is O=C(C1CN(Cc2ccc(F)c(F)c2)C1)N1CCSCC1. The van der Waals surface area contributed by atoms with Crippen LogP contribution in [0.25, 0.3) is 0 Å². The molecule has 1 aromatic rings. The summed E-state index contributed by atoms with van der Waals surface area (Å²) >= 11 is 1.89. The molecule has 0 bridgehead atoms. The minimum absolute atomic E-state index is 0.0680. The third-order valence-electron chi connectivity index (χ3n) is 4.02. The largest absolute Gasteiger partial charge is 0.341 e. The molecule has 0 spiro atoms. The van der Waals surface area contributed by atoms with E-state index in [1.54, 1.807) is 6.07 Å². The molecule has 2 heterocycles.